The molecule has 5 heteroatoms. The van der Waals surface area contributed by atoms with E-state index < -0.39 is 0 Å². The maximum absolute atomic E-state index is 12.4. The van der Waals surface area contributed by atoms with Gasteiger partial charge in [0.1, 0.15) is 5.75 Å². The third-order valence-corrected chi connectivity index (χ3v) is 4.54. The van der Waals surface area contributed by atoms with Crippen molar-refractivity contribution in [1.82, 2.24) is 10.3 Å². The maximum atomic E-state index is 12.4. The zero-order valence-corrected chi connectivity index (χ0v) is 13.9. The first-order valence-electron chi connectivity index (χ1n) is 8.32. The van der Waals surface area contributed by atoms with Crippen LogP contribution >= 0.6 is 0 Å². The Morgan fingerprint density at radius 2 is 1.92 bits per heavy atom. The summed E-state index contributed by atoms with van der Waals surface area (Å²) in [4.78, 5) is 18.8. The average molecular weight is 325 g/mol. The summed E-state index contributed by atoms with van der Waals surface area (Å²) in [6.45, 7) is 2.31. The highest BCUT2D eigenvalue weighted by molar-refractivity contribution is 5.79. The molecule has 0 radical (unpaired) electrons. The van der Waals surface area contributed by atoms with E-state index in [-0.39, 0.29) is 11.8 Å². The molecule has 0 saturated carbocycles. The Bertz CT molecular complexity index is 667. The van der Waals surface area contributed by atoms with Gasteiger partial charge in [0.25, 0.3) is 0 Å². The second-order valence-electron chi connectivity index (χ2n) is 6.00. The van der Waals surface area contributed by atoms with Crippen LogP contribution in [-0.4, -0.2) is 31.1 Å². The van der Waals surface area contributed by atoms with Crippen LogP contribution in [0.5, 0.6) is 5.75 Å². The van der Waals surface area contributed by atoms with Gasteiger partial charge in [0.05, 0.1) is 7.11 Å². The Morgan fingerprint density at radius 1 is 1.21 bits per heavy atom. The first-order chi connectivity index (χ1) is 11.8. The van der Waals surface area contributed by atoms with Crippen molar-refractivity contribution in [2.24, 2.45) is 5.92 Å². The Hall–Kier alpha value is -2.56. The van der Waals surface area contributed by atoms with Crippen molar-refractivity contribution in [1.29, 1.82) is 0 Å². The van der Waals surface area contributed by atoms with Crippen molar-refractivity contribution in [3.63, 3.8) is 0 Å². The molecule has 0 unspecified atom stereocenters. The largest absolute Gasteiger partial charge is 0.496 e. The third-order valence-electron chi connectivity index (χ3n) is 4.54. The number of aromatic nitrogens is 1. The van der Waals surface area contributed by atoms with Gasteiger partial charge in [-0.1, -0.05) is 18.2 Å². The van der Waals surface area contributed by atoms with Crippen LogP contribution in [0.2, 0.25) is 0 Å². The number of methoxy groups -OCH3 is 1. The molecule has 1 aromatic carbocycles. The summed E-state index contributed by atoms with van der Waals surface area (Å²) < 4.78 is 5.32. The van der Waals surface area contributed by atoms with E-state index >= 15 is 0 Å². The molecule has 3 rings (SSSR count). The topological polar surface area (TPSA) is 54.5 Å². The second-order valence-corrected chi connectivity index (χ2v) is 6.00. The molecule has 2 aromatic rings. The second kappa shape index (κ2) is 7.81. The molecule has 24 heavy (non-hydrogen) atoms. The van der Waals surface area contributed by atoms with Crippen LogP contribution in [-0.2, 0) is 11.3 Å². The van der Waals surface area contributed by atoms with Crippen molar-refractivity contribution in [2.45, 2.75) is 19.4 Å². The van der Waals surface area contributed by atoms with Crippen LogP contribution in [0.1, 0.15) is 18.4 Å². The minimum Gasteiger partial charge on any atom is -0.496 e. The smallest absolute Gasteiger partial charge is 0.223 e. The van der Waals surface area contributed by atoms with Crippen LogP contribution in [0.25, 0.3) is 0 Å². The number of ether oxygens (including phenoxy) is 1. The summed E-state index contributed by atoms with van der Waals surface area (Å²) in [6, 6.07) is 11.8. The third kappa shape index (κ3) is 3.85. The average Bonchev–Trinajstić information content (AvgIpc) is 2.67. The highest BCUT2D eigenvalue weighted by Gasteiger charge is 2.25. The number of amides is 1. The van der Waals surface area contributed by atoms with E-state index in [9.17, 15) is 4.79 Å². The minimum atomic E-state index is 0.0813. The Balaban J connectivity index is 1.50. The molecular formula is C19H23N3O2. The van der Waals surface area contributed by atoms with Gasteiger partial charge in [0.2, 0.25) is 5.91 Å². The van der Waals surface area contributed by atoms with Crippen molar-refractivity contribution < 1.29 is 9.53 Å². The first-order valence-corrected chi connectivity index (χ1v) is 8.32. The van der Waals surface area contributed by atoms with Gasteiger partial charge in [-0.25, -0.2) is 0 Å². The minimum absolute atomic E-state index is 0.0813. The van der Waals surface area contributed by atoms with Gasteiger partial charge in [0.15, 0.2) is 0 Å². The highest BCUT2D eigenvalue weighted by Crippen LogP contribution is 2.23. The number of para-hydroxylation sites is 1. The summed E-state index contributed by atoms with van der Waals surface area (Å²) in [7, 11) is 1.65. The van der Waals surface area contributed by atoms with Crippen molar-refractivity contribution in [3.8, 4) is 5.75 Å². The van der Waals surface area contributed by atoms with E-state index in [1.165, 1.54) is 5.69 Å². The standard InChI is InChI=1S/C19H23N3O2/c1-24-18-5-3-2-4-16(18)14-21-19(23)15-8-12-22(13-9-15)17-6-10-20-11-7-17/h2-7,10-11,15H,8-9,12-14H2,1H3,(H,21,23). The Labute approximate surface area is 142 Å². The highest BCUT2D eigenvalue weighted by atomic mass is 16.5. The fourth-order valence-electron chi connectivity index (χ4n) is 3.13. The number of carbonyl (C=O) groups is 1. The molecule has 1 aromatic heterocycles. The number of pyridine rings is 1. The van der Waals surface area contributed by atoms with Gasteiger partial charge >= 0.3 is 0 Å². The molecule has 2 heterocycles. The Morgan fingerprint density at radius 3 is 2.62 bits per heavy atom. The van der Waals surface area contributed by atoms with Gasteiger partial charge in [0, 0.05) is 49.2 Å². The molecule has 0 bridgehead atoms. The quantitative estimate of drug-likeness (QED) is 0.918. The van der Waals surface area contributed by atoms with Crippen molar-refractivity contribution in [2.75, 3.05) is 25.1 Å². The van der Waals surface area contributed by atoms with Gasteiger partial charge in [-0.15, -0.1) is 0 Å². The van der Waals surface area contributed by atoms with Gasteiger partial charge in [-0.3, -0.25) is 9.78 Å². The van der Waals surface area contributed by atoms with Crippen LogP contribution in [0.4, 0.5) is 5.69 Å². The molecule has 1 aliphatic rings. The molecule has 1 N–H and O–H groups in total. The lowest BCUT2D eigenvalue weighted by Gasteiger charge is -2.32. The van der Waals surface area contributed by atoms with E-state index in [2.05, 4.69) is 15.2 Å². The van der Waals surface area contributed by atoms with Crippen LogP contribution in [0.15, 0.2) is 48.8 Å². The van der Waals surface area contributed by atoms with E-state index in [0.29, 0.717) is 6.54 Å². The number of benzene rings is 1. The summed E-state index contributed by atoms with van der Waals surface area (Å²) in [6.07, 6.45) is 5.36. The van der Waals surface area contributed by atoms with Gasteiger partial charge < -0.3 is 15.0 Å². The summed E-state index contributed by atoms with van der Waals surface area (Å²) >= 11 is 0. The number of nitrogens with zero attached hydrogens (tertiary/aromatic N) is 2. The summed E-state index contributed by atoms with van der Waals surface area (Å²) in [5.74, 6) is 1.03. The fraction of sp³-hybridized carbons (Fsp3) is 0.368. The lowest BCUT2D eigenvalue weighted by Crippen LogP contribution is -2.40. The van der Waals surface area contributed by atoms with Gasteiger partial charge in [-0.05, 0) is 31.0 Å². The van der Waals surface area contributed by atoms with E-state index in [4.69, 9.17) is 4.74 Å². The molecule has 1 fully saturated rings. The monoisotopic (exact) mass is 325 g/mol. The lowest BCUT2D eigenvalue weighted by molar-refractivity contribution is -0.125. The van der Waals surface area contributed by atoms with Crippen molar-refractivity contribution >= 4 is 11.6 Å². The summed E-state index contributed by atoms with van der Waals surface area (Å²) in [5, 5.41) is 3.05. The molecule has 0 spiro atoms. The predicted molar refractivity (Wildman–Crippen MR) is 94.0 cm³/mol. The molecule has 1 aliphatic heterocycles. The zero-order chi connectivity index (χ0) is 16.8. The molecule has 0 aliphatic carbocycles. The predicted octanol–water partition coefficient (Wildman–Crippen LogP) is 2.62. The number of hydrogen-bond donors (Lipinski definition) is 1. The summed E-state index contributed by atoms with van der Waals surface area (Å²) in [5.41, 5.74) is 2.18. The number of anilines is 1. The van der Waals surface area contributed by atoms with Crippen LogP contribution in [0, 0.1) is 5.92 Å². The fourth-order valence-corrected chi connectivity index (χ4v) is 3.13. The SMILES string of the molecule is COc1ccccc1CNC(=O)C1CCN(c2ccncc2)CC1. The van der Waals surface area contributed by atoms with E-state index in [1.54, 1.807) is 19.5 Å². The zero-order valence-electron chi connectivity index (χ0n) is 13.9. The maximum Gasteiger partial charge on any atom is 0.223 e. The molecule has 126 valence electrons. The van der Waals surface area contributed by atoms with E-state index in [1.807, 2.05) is 36.4 Å². The van der Waals surface area contributed by atoms with Crippen LogP contribution < -0.4 is 15.0 Å². The number of nitrogens with one attached hydrogen (secondary N) is 1. The molecule has 0 atom stereocenters. The molecule has 5 nitrogen and oxygen atoms in total. The first kappa shape index (κ1) is 16.3. The number of hydrogen-bond acceptors (Lipinski definition) is 4. The number of rotatable bonds is 5. The lowest BCUT2D eigenvalue weighted by atomic mass is 9.95. The molecular weight excluding hydrogens is 302 g/mol. The van der Waals surface area contributed by atoms with Crippen molar-refractivity contribution in [3.05, 3.63) is 54.4 Å². The molecule has 1 amide bonds. The number of piperidine rings is 1. The van der Waals surface area contributed by atoms with Gasteiger partial charge in [-0.2, -0.15) is 0 Å². The van der Waals surface area contributed by atoms with Crippen LogP contribution in [0.3, 0.4) is 0 Å². The molecule has 1 saturated heterocycles. The van der Waals surface area contributed by atoms with E-state index in [0.717, 1.165) is 37.2 Å². The Kier molecular flexibility index (Phi) is 5.31. The number of carbonyl (C=O) groups excluding carboxylic acids is 1. The normalized spacial score (nSPS) is 15.1.